The number of amidine groups is 1. The summed E-state index contributed by atoms with van der Waals surface area (Å²) in [4.78, 5) is 26.2. The van der Waals surface area contributed by atoms with E-state index in [1.165, 1.54) is 11.4 Å². The van der Waals surface area contributed by atoms with Crippen LogP contribution in [0.4, 0.5) is 5.82 Å². The van der Waals surface area contributed by atoms with Gasteiger partial charge in [0, 0.05) is 44.4 Å². The van der Waals surface area contributed by atoms with Gasteiger partial charge in [0.15, 0.2) is 6.29 Å². The van der Waals surface area contributed by atoms with E-state index >= 15 is 0 Å². The molecule has 4 rings (SSSR count). The normalized spacial score (nSPS) is 16.5. The third kappa shape index (κ3) is 4.69. The standard InChI is InChI=1S/C26H31BN4O/c1-2-7-24-22(11-12-27)23(21-9-4-3-8-20(21)19-32)18-26(29-24)31-16-14-30(15-17-31)25-10-5-6-13-28-25/h2-4,6-9,13,18-19H,5,10-12,14-17,27H2,1H3/b7-2-. The van der Waals surface area contributed by atoms with Gasteiger partial charge in [-0.25, -0.2) is 9.98 Å². The van der Waals surface area contributed by atoms with Gasteiger partial charge < -0.3 is 9.80 Å². The lowest BCUT2D eigenvalue weighted by molar-refractivity contribution is 0.112. The molecular weight excluding hydrogens is 395 g/mol. The van der Waals surface area contributed by atoms with Gasteiger partial charge in [-0.1, -0.05) is 42.7 Å². The van der Waals surface area contributed by atoms with E-state index in [1.807, 2.05) is 43.5 Å². The van der Waals surface area contributed by atoms with E-state index in [0.717, 1.165) is 86.2 Å². The highest BCUT2D eigenvalue weighted by atomic mass is 16.1. The molecule has 2 aromatic rings. The van der Waals surface area contributed by atoms with Crippen molar-refractivity contribution >= 4 is 31.9 Å². The molecule has 6 heteroatoms. The Kier molecular flexibility index (Phi) is 7.20. The van der Waals surface area contributed by atoms with E-state index in [2.05, 4.69) is 40.9 Å². The topological polar surface area (TPSA) is 48.8 Å². The van der Waals surface area contributed by atoms with Crippen molar-refractivity contribution in [3.05, 3.63) is 65.5 Å². The lowest BCUT2D eigenvalue weighted by Gasteiger charge is -2.38. The van der Waals surface area contributed by atoms with Crippen LogP contribution in [0, 0.1) is 0 Å². The van der Waals surface area contributed by atoms with Crippen molar-refractivity contribution in [2.75, 3.05) is 31.1 Å². The fourth-order valence-electron chi connectivity index (χ4n) is 4.56. The number of nitrogens with zero attached hydrogens (tertiary/aromatic N) is 4. The number of pyridine rings is 1. The molecule has 1 aromatic carbocycles. The molecule has 0 bridgehead atoms. The number of anilines is 1. The maximum absolute atomic E-state index is 11.8. The molecule has 1 aromatic heterocycles. The number of allylic oxidation sites excluding steroid dienone is 2. The number of hydrogen-bond donors (Lipinski definition) is 0. The molecule has 2 aliphatic rings. The molecular formula is C26H31BN4O. The van der Waals surface area contributed by atoms with Crippen LogP contribution < -0.4 is 4.90 Å². The van der Waals surface area contributed by atoms with E-state index < -0.39 is 0 Å². The predicted octanol–water partition coefficient (Wildman–Crippen LogP) is 4.02. The summed E-state index contributed by atoms with van der Waals surface area (Å²) in [5.41, 5.74) is 5.05. The van der Waals surface area contributed by atoms with Crippen LogP contribution >= 0.6 is 0 Å². The van der Waals surface area contributed by atoms with Crippen LogP contribution in [0.2, 0.25) is 6.32 Å². The SMILES string of the molecule is BCCc1c(-c2ccccc2C=O)cc(N2CCN(C3=NC=CCC3)CC2)nc1/C=C\C. The molecule has 0 radical (unpaired) electrons. The zero-order valence-electron chi connectivity index (χ0n) is 19.1. The van der Waals surface area contributed by atoms with E-state index in [0.29, 0.717) is 0 Å². The smallest absolute Gasteiger partial charge is 0.150 e. The molecule has 0 N–H and O–H groups in total. The monoisotopic (exact) mass is 426 g/mol. The number of benzene rings is 1. The average Bonchev–Trinajstić information content (AvgIpc) is 2.86. The maximum Gasteiger partial charge on any atom is 0.150 e. The minimum absolute atomic E-state index is 0.724. The van der Waals surface area contributed by atoms with Gasteiger partial charge in [0.1, 0.15) is 19.5 Å². The van der Waals surface area contributed by atoms with Crippen LogP contribution in [0.1, 0.15) is 41.4 Å². The number of carbonyl (C=O) groups excluding carboxylic acids is 1. The molecule has 2 aliphatic heterocycles. The summed E-state index contributed by atoms with van der Waals surface area (Å²) in [6, 6.07) is 10.1. The Bertz CT molecular complexity index is 1050. The number of aromatic nitrogens is 1. The minimum Gasteiger partial charge on any atom is -0.357 e. The Morgan fingerprint density at radius 3 is 2.56 bits per heavy atom. The highest BCUT2D eigenvalue weighted by Crippen LogP contribution is 2.33. The Morgan fingerprint density at radius 2 is 1.88 bits per heavy atom. The van der Waals surface area contributed by atoms with Gasteiger partial charge in [-0.3, -0.25) is 4.79 Å². The summed E-state index contributed by atoms with van der Waals surface area (Å²) < 4.78 is 0. The fourth-order valence-corrected chi connectivity index (χ4v) is 4.56. The van der Waals surface area contributed by atoms with Crippen molar-refractivity contribution in [3.63, 3.8) is 0 Å². The second kappa shape index (κ2) is 10.4. The highest BCUT2D eigenvalue weighted by molar-refractivity contribution is 6.08. The van der Waals surface area contributed by atoms with Gasteiger partial charge in [-0.05, 0) is 48.6 Å². The fraction of sp³-hybridized carbons (Fsp3) is 0.346. The zero-order valence-corrected chi connectivity index (χ0v) is 19.1. The van der Waals surface area contributed by atoms with Crippen molar-refractivity contribution in [2.45, 2.75) is 32.5 Å². The summed E-state index contributed by atoms with van der Waals surface area (Å²) in [6.45, 7) is 5.75. The van der Waals surface area contributed by atoms with E-state index in [9.17, 15) is 4.79 Å². The zero-order chi connectivity index (χ0) is 22.3. The molecule has 0 spiro atoms. The van der Waals surface area contributed by atoms with Crippen LogP contribution in [0.25, 0.3) is 17.2 Å². The van der Waals surface area contributed by atoms with Crippen LogP contribution in [-0.2, 0) is 6.42 Å². The third-order valence-electron chi connectivity index (χ3n) is 6.18. The summed E-state index contributed by atoms with van der Waals surface area (Å²) >= 11 is 0. The van der Waals surface area contributed by atoms with Crippen LogP contribution in [0.15, 0.2) is 53.7 Å². The summed E-state index contributed by atoms with van der Waals surface area (Å²) in [7, 11) is 2.19. The molecule has 0 atom stereocenters. The third-order valence-corrected chi connectivity index (χ3v) is 6.18. The Hall–Kier alpha value is -3.15. The van der Waals surface area contributed by atoms with Crippen molar-refractivity contribution < 1.29 is 4.79 Å². The van der Waals surface area contributed by atoms with E-state index in [-0.39, 0.29) is 0 Å². The largest absolute Gasteiger partial charge is 0.357 e. The van der Waals surface area contributed by atoms with Gasteiger partial charge in [-0.15, -0.1) is 0 Å². The lowest BCUT2D eigenvalue weighted by Crippen LogP contribution is -2.49. The molecule has 3 heterocycles. The first-order valence-corrected chi connectivity index (χ1v) is 11.7. The first-order chi connectivity index (χ1) is 15.7. The number of carbonyl (C=O) groups is 1. The average molecular weight is 426 g/mol. The van der Waals surface area contributed by atoms with Gasteiger partial charge in [0.25, 0.3) is 0 Å². The Balaban J connectivity index is 1.70. The summed E-state index contributed by atoms with van der Waals surface area (Å²) in [5.74, 6) is 2.19. The first kappa shape index (κ1) is 22.1. The quantitative estimate of drug-likeness (QED) is 0.517. The highest BCUT2D eigenvalue weighted by Gasteiger charge is 2.23. The molecule has 0 unspecified atom stereocenters. The number of piperazine rings is 1. The molecule has 32 heavy (non-hydrogen) atoms. The number of aldehydes is 1. The van der Waals surface area contributed by atoms with E-state index in [4.69, 9.17) is 4.98 Å². The van der Waals surface area contributed by atoms with Crippen molar-refractivity contribution in [2.24, 2.45) is 4.99 Å². The van der Waals surface area contributed by atoms with Crippen LogP contribution in [0.5, 0.6) is 0 Å². The van der Waals surface area contributed by atoms with Gasteiger partial charge in [0.2, 0.25) is 0 Å². The number of rotatable bonds is 6. The van der Waals surface area contributed by atoms with Crippen molar-refractivity contribution in [3.8, 4) is 11.1 Å². The molecule has 0 saturated carbocycles. The van der Waals surface area contributed by atoms with Crippen molar-refractivity contribution in [1.82, 2.24) is 9.88 Å². The molecule has 164 valence electrons. The second-order valence-corrected chi connectivity index (χ2v) is 8.29. The molecule has 1 fully saturated rings. The van der Waals surface area contributed by atoms with Crippen molar-refractivity contribution in [1.29, 1.82) is 0 Å². The Labute approximate surface area is 192 Å². The molecule has 0 amide bonds. The van der Waals surface area contributed by atoms with E-state index in [1.54, 1.807) is 0 Å². The first-order valence-electron chi connectivity index (χ1n) is 11.7. The minimum atomic E-state index is 0.724. The van der Waals surface area contributed by atoms with Crippen LogP contribution in [-0.4, -0.2) is 56.0 Å². The predicted molar refractivity (Wildman–Crippen MR) is 136 cm³/mol. The second-order valence-electron chi connectivity index (χ2n) is 8.29. The van der Waals surface area contributed by atoms with Gasteiger partial charge >= 0.3 is 0 Å². The van der Waals surface area contributed by atoms with Crippen LogP contribution in [0.3, 0.4) is 0 Å². The Morgan fingerprint density at radius 1 is 1.09 bits per heavy atom. The molecule has 5 nitrogen and oxygen atoms in total. The van der Waals surface area contributed by atoms with Gasteiger partial charge in [-0.2, -0.15) is 0 Å². The summed E-state index contributed by atoms with van der Waals surface area (Å²) in [6.07, 6.45) is 13.2. The lowest BCUT2D eigenvalue weighted by atomic mass is 9.89. The molecule has 1 saturated heterocycles. The maximum atomic E-state index is 11.8. The number of aliphatic imine (C=N–C) groups is 1. The summed E-state index contributed by atoms with van der Waals surface area (Å²) in [5, 5.41) is 0. The van der Waals surface area contributed by atoms with Gasteiger partial charge in [0.05, 0.1) is 5.69 Å². The molecule has 0 aliphatic carbocycles. The number of hydrogen-bond acceptors (Lipinski definition) is 5.